The van der Waals surface area contributed by atoms with Gasteiger partial charge in [0.2, 0.25) is 0 Å². The van der Waals surface area contributed by atoms with Gasteiger partial charge in [0.1, 0.15) is 0 Å². The first kappa shape index (κ1) is 15.3. The molecule has 2 unspecified atom stereocenters. The molecule has 2 atom stereocenters. The largest absolute Gasteiger partial charge is 0.376 e. The third kappa shape index (κ3) is 3.94. The number of aliphatic imine (C=N–C) groups is 1. The Balaban J connectivity index is 2.11. The first-order chi connectivity index (χ1) is 9.58. The minimum absolute atomic E-state index is 0.279. The van der Waals surface area contributed by atoms with Crippen molar-refractivity contribution < 1.29 is 4.74 Å². The first-order valence-corrected chi connectivity index (χ1v) is 7.82. The summed E-state index contributed by atoms with van der Waals surface area (Å²) in [5, 5.41) is 2.12. The van der Waals surface area contributed by atoms with Gasteiger partial charge in [0, 0.05) is 32.1 Å². The van der Waals surface area contributed by atoms with Crippen LogP contribution in [-0.4, -0.2) is 62.2 Å². The summed E-state index contributed by atoms with van der Waals surface area (Å²) in [5.74, 6) is 0.577. The molecule has 1 aromatic rings. The number of hydrogen-bond acceptors (Lipinski definition) is 4. The molecule has 1 saturated heterocycles. The number of guanidine groups is 1. The van der Waals surface area contributed by atoms with E-state index in [1.807, 2.05) is 19.0 Å². The summed E-state index contributed by atoms with van der Waals surface area (Å²) in [5.41, 5.74) is 5.91. The highest BCUT2D eigenvalue weighted by molar-refractivity contribution is 7.10. The Hall–Kier alpha value is -1.11. The molecular formula is C14H24N4OS. The number of nitrogens with two attached hydrogens (primary N) is 1. The van der Waals surface area contributed by atoms with E-state index in [-0.39, 0.29) is 6.10 Å². The number of rotatable bonds is 4. The Morgan fingerprint density at radius 3 is 3.05 bits per heavy atom. The summed E-state index contributed by atoms with van der Waals surface area (Å²) in [6.45, 7) is 5.49. The van der Waals surface area contributed by atoms with Crippen molar-refractivity contribution in [1.29, 1.82) is 0 Å². The van der Waals surface area contributed by atoms with Crippen LogP contribution in [0.1, 0.15) is 17.8 Å². The molecule has 112 valence electrons. The van der Waals surface area contributed by atoms with E-state index in [0.717, 1.165) is 19.7 Å². The summed E-state index contributed by atoms with van der Waals surface area (Å²) >= 11 is 1.78. The van der Waals surface area contributed by atoms with Gasteiger partial charge in [-0.1, -0.05) is 6.07 Å². The van der Waals surface area contributed by atoms with Crippen molar-refractivity contribution in [2.24, 2.45) is 10.7 Å². The van der Waals surface area contributed by atoms with Crippen LogP contribution in [0.25, 0.3) is 0 Å². The second-order valence-electron chi connectivity index (χ2n) is 5.30. The standard InChI is InChI=1S/C14H24N4OS/c1-11-10-18(6-7-19-11)12(13-5-4-8-20-13)9-16-14(15)17(2)3/h4-5,8,11-12H,6-7,9-10H2,1-3H3,(H2,15,16). The van der Waals surface area contributed by atoms with E-state index >= 15 is 0 Å². The van der Waals surface area contributed by atoms with Gasteiger partial charge in [0.15, 0.2) is 5.96 Å². The predicted octanol–water partition coefficient (Wildman–Crippen LogP) is 1.39. The summed E-state index contributed by atoms with van der Waals surface area (Å²) < 4.78 is 5.63. The Morgan fingerprint density at radius 1 is 1.65 bits per heavy atom. The van der Waals surface area contributed by atoms with Gasteiger partial charge in [0.05, 0.1) is 25.3 Å². The number of ether oxygens (including phenoxy) is 1. The van der Waals surface area contributed by atoms with Crippen LogP contribution < -0.4 is 5.73 Å². The average molecular weight is 296 g/mol. The van der Waals surface area contributed by atoms with Gasteiger partial charge in [0.25, 0.3) is 0 Å². The molecule has 0 aromatic carbocycles. The van der Waals surface area contributed by atoms with Crippen molar-refractivity contribution in [3.63, 3.8) is 0 Å². The number of morpholine rings is 1. The van der Waals surface area contributed by atoms with Crippen molar-refractivity contribution >= 4 is 17.3 Å². The van der Waals surface area contributed by atoms with Crippen molar-refractivity contribution in [3.8, 4) is 0 Å². The quantitative estimate of drug-likeness (QED) is 0.674. The summed E-state index contributed by atoms with van der Waals surface area (Å²) in [6, 6.07) is 4.56. The van der Waals surface area contributed by atoms with E-state index in [1.165, 1.54) is 4.88 Å². The molecule has 1 aliphatic rings. The smallest absolute Gasteiger partial charge is 0.190 e. The zero-order chi connectivity index (χ0) is 14.5. The van der Waals surface area contributed by atoms with Crippen LogP contribution >= 0.6 is 11.3 Å². The van der Waals surface area contributed by atoms with Gasteiger partial charge in [-0.15, -0.1) is 11.3 Å². The lowest BCUT2D eigenvalue weighted by Crippen LogP contribution is -2.44. The molecular weight excluding hydrogens is 272 g/mol. The average Bonchev–Trinajstić information content (AvgIpc) is 2.92. The molecule has 2 rings (SSSR count). The van der Waals surface area contributed by atoms with Crippen LogP contribution in [0.15, 0.2) is 22.5 Å². The monoisotopic (exact) mass is 296 g/mol. The molecule has 5 nitrogen and oxygen atoms in total. The topological polar surface area (TPSA) is 54.1 Å². The van der Waals surface area contributed by atoms with E-state index in [0.29, 0.717) is 18.5 Å². The molecule has 1 aromatic heterocycles. The first-order valence-electron chi connectivity index (χ1n) is 6.94. The molecule has 0 bridgehead atoms. The number of thiophene rings is 1. The van der Waals surface area contributed by atoms with Gasteiger partial charge in [-0.2, -0.15) is 0 Å². The maximum absolute atomic E-state index is 5.91. The van der Waals surface area contributed by atoms with Crippen LogP contribution in [0.2, 0.25) is 0 Å². The second kappa shape index (κ2) is 7.06. The molecule has 0 spiro atoms. The highest BCUT2D eigenvalue weighted by Crippen LogP contribution is 2.27. The lowest BCUT2D eigenvalue weighted by Gasteiger charge is -2.36. The molecule has 6 heteroatoms. The van der Waals surface area contributed by atoms with Crippen molar-refractivity contribution in [1.82, 2.24) is 9.80 Å². The third-order valence-electron chi connectivity index (χ3n) is 3.47. The lowest BCUT2D eigenvalue weighted by atomic mass is 10.1. The highest BCUT2D eigenvalue weighted by atomic mass is 32.1. The summed E-state index contributed by atoms with van der Waals surface area (Å²) in [4.78, 5) is 10.2. The van der Waals surface area contributed by atoms with E-state index in [4.69, 9.17) is 10.5 Å². The van der Waals surface area contributed by atoms with E-state index < -0.39 is 0 Å². The van der Waals surface area contributed by atoms with Gasteiger partial charge in [-0.3, -0.25) is 9.89 Å². The summed E-state index contributed by atoms with van der Waals surface area (Å²) in [6.07, 6.45) is 0.279. The van der Waals surface area contributed by atoms with Crippen LogP contribution in [0, 0.1) is 0 Å². The maximum atomic E-state index is 5.91. The van der Waals surface area contributed by atoms with Gasteiger partial charge < -0.3 is 15.4 Å². The predicted molar refractivity (Wildman–Crippen MR) is 84.2 cm³/mol. The molecule has 2 heterocycles. The summed E-state index contributed by atoms with van der Waals surface area (Å²) in [7, 11) is 3.82. The Labute approximate surface area is 125 Å². The van der Waals surface area contributed by atoms with Crippen LogP contribution in [0.3, 0.4) is 0 Å². The minimum atomic E-state index is 0.279. The van der Waals surface area contributed by atoms with E-state index in [9.17, 15) is 0 Å². The zero-order valence-electron chi connectivity index (χ0n) is 12.5. The van der Waals surface area contributed by atoms with Crippen molar-refractivity contribution in [3.05, 3.63) is 22.4 Å². The molecule has 20 heavy (non-hydrogen) atoms. The van der Waals surface area contributed by atoms with Crippen LogP contribution in [0.5, 0.6) is 0 Å². The Bertz CT molecular complexity index is 432. The molecule has 1 fully saturated rings. The van der Waals surface area contributed by atoms with Gasteiger partial charge in [-0.05, 0) is 18.4 Å². The van der Waals surface area contributed by atoms with E-state index in [2.05, 4.69) is 34.3 Å². The fourth-order valence-electron chi connectivity index (χ4n) is 2.32. The molecule has 2 N–H and O–H groups in total. The van der Waals surface area contributed by atoms with Crippen molar-refractivity contribution in [2.45, 2.75) is 19.1 Å². The van der Waals surface area contributed by atoms with Gasteiger partial charge >= 0.3 is 0 Å². The van der Waals surface area contributed by atoms with E-state index in [1.54, 1.807) is 11.3 Å². The highest BCUT2D eigenvalue weighted by Gasteiger charge is 2.26. The SMILES string of the molecule is CC1CN(C(CN=C(N)N(C)C)c2cccs2)CCO1. The molecule has 0 saturated carbocycles. The van der Waals surface area contributed by atoms with Crippen LogP contribution in [-0.2, 0) is 4.74 Å². The second-order valence-corrected chi connectivity index (χ2v) is 6.28. The zero-order valence-corrected chi connectivity index (χ0v) is 13.3. The molecule has 0 amide bonds. The Kier molecular flexibility index (Phi) is 5.39. The van der Waals surface area contributed by atoms with Crippen LogP contribution in [0.4, 0.5) is 0 Å². The maximum Gasteiger partial charge on any atom is 0.190 e. The lowest BCUT2D eigenvalue weighted by molar-refractivity contribution is -0.0327. The number of hydrogen-bond donors (Lipinski definition) is 1. The third-order valence-corrected chi connectivity index (χ3v) is 4.44. The number of nitrogens with zero attached hydrogens (tertiary/aromatic N) is 3. The molecule has 1 aliphatic heterocycles. The minimum Gasteiger partial charge on any atom is -0.376 e. The Morgan fingerprint density at radius 2 is 2.45 bits per heavy atom. The fraction of sp³-hybridized carbons (Fsp3) is 0.643. The molecule has 0 aliphatic carbocycles. The van der Waals surface area contributed by atoms with Gasteiger partial charge in [-0.25, -0.2) is 0 Å². The fourth-order valence-corrected chi connectivity index (χ4v) is 3.17. The van der Waals surface area contributed by atoms with Crippen molar-refractivity contribution in [2.75, 3.05) is 40.3 Å². The normalized spacial score (nSPS) is 22.8. The molecule has 0 radical (unpaired) electrons.